The fourth-order valence-electron chi connectivity index (χ4n) is 1.58. The van der Waals surface area contributed by atoms with Gasteiger partial charge in [-0.1, -0.05) is 18.2 Å². The van der Waals surface area contributed by atoms with E-state index >= 15 is 0 Å². The topological polar surface area (TPSA) is 55.1 Å². The van der Waals surface area contributed by atoms with Crippen LogP contribution >= 0.6 is 0 Å². The number of carbonyl (C=O) groups excluding carboxylic acids is 1. The van der Waals surface area contributed by atoms with E-state index in [0.717, 1.165) is 0 Å². The van der Waals surface area contributed by atoms with Crippen molar-refractivity contribution in [3.05, 3.63) is 35.6 Å². The van der Waals surface area contributed by atoms with Gasteiger partial charge in [-0.25, -0.2) is 4.39 Å². The molecule has 1 atom stereocenters. The second-order valence-corrected chi connectivity index (χ2v) is 3.71. The minimum Gasteiger partial charge on any atom is -0.370 e. The quantitative estimate of drug-likeness (QED) is 0.782. The van der Waals surface area contributed by atoms with Crippen molar-refractivity contribution < 1.29 is 9.18 Å². The molecule has 0 aliphatic heterocycles. The van der Waals surface area contributed by atoms with Gasteiger partial charge in [-0.3, -0.25) is 4.79 Å². The van der Waals surface area contributed by atoms with E-state index in [9.17, 15) is 9.18 Å². The summed E-state index contributed by atoms with van der Waals surface area (Å²) in [6, 6.07) is 6.36. The van der Waals surface area contributed by atoms with E-state index in [1.165, 1.54) is 6.07 Å². The summed E-state index contributed by atoms with van der Waals surface area (Å²) < 4.78 is 13.5. The van der Waals surface area contributed by atoms with Crippen LogP contribution in [0, 0.1) is 5.82 Å². The first-order valence-electron chi connectivity index (χ1n) is 4.72. The Morgan fingerprint density at radius 1 is 1.53 bits per heavy atom. The monoisotopic (exact) mass is 210 g/mol. The number of nitrogens with two attached hydrogens (primary N) is 1. The second kappa shape index (κ2) is 4.40. The van der Waals surface area contributed by atoms with Gasteiger partial charge in [-0.2, -0.15) is 0 Å². The highest BCUT2D eigenvalue weighted by molar-refractivity contribution is 5.75. The van der Waals surface area contributed by atoms with Gasteiger partial charge in [0.15, 0.2) is 0 Å². The van der Waals surface area contributed by atoms with Gasteiger partial charge in [0.05, 0.1) is 5.54 Å². The third-order valence-corrected chi connectivity index (χ3v) is 2.55. The zero-order chi connectivity index (χ0) is 11.5. The average Bonchev–Trinajstić information content (AvgIpc) is 2.17. The molecule has 0 bridgehead atoms. The summed E-state index contributed by atoms with van der Waals surface area (Å²) in [6.07, 6.45) is 0.0600. The molecule has 0 radical (unpaired) electrons. The molecule has 1 aromatic rings. The van der Waals surface area contributed by atoms with E-state index in [-0.39, 0.29) is 12.2 Å². The molecule has 0 saturated carbocycles. The van der Waals surface area contributed by atoms with Crippen molar-refractivity contribution in [2.45, 2.75) is 18.9 Å². The molecule has 1 unspecified atom stereocenters. The number of benzene rings is 1. The lowest BCUT2D eigenvalue weighted by atomic mass is 9.88. The summed E-state index contributed by atoms with van der Waals surface area (Å²) in [4.78, 5) is 10.9. The van der Waals surface area contributed by atoms with E-state index in [0.29, 0.717) is 5.56 Å². The molecule has 3 N–H and O–H groups in total. The Morgan fingerprint density at radius 3 is 2.60 bits per heavy atom. The third-order valence-electron chi connectivity index (χ3n) is 2.55. The van der Waals surface area contributed by atoms with Crippen LogP contribution < -0.4 is 11.1 Å². The fourth-order valence-corrected chi connectivity index (χ4v) is 1.58. The highest BCUT2D eigenvalue weighted by Crippen LogP contribution is 2.26. The van der Waals surface area contributed by atoms with Crippen LogP contribution in [-0.4, -0.2) is 13.0 Å². The Morgan fingerprint density at radius 2 is 2.13 bits per heavy atom. The molecule has 0 aliphatic rings. The Labute approximate surface area is 88.5 Å². The third kappa shape index (κ3) is 2.53. The molecule has 0 heterocycles. The van der Waals surface area contributed by atoms with Crippen molar-refractivity contribution in [2.75, 3.05) is 7.05 Å². The maximum atomic E-state index is 13.5. The van der Waals surface area contributed by atoms with Crippen LogP contribution in [0.1, 0.15) is 18.9 Å². The van der Waals surface area contributed by atoms with Gasteiger partial charge in [0.1, 0.15) is 5.82 Å². The lowest BCUT2D eigenvalue weighted by Gasteiger charge is -2.28. The largest absolute Gasteiger partial charge is 0.370 e. The van der Waals surface area contributed by atoms with Crippen LogP contribution in [0.5, 0.6) is 0 Å². The van der Waals surface area contributed by atoms with Gasteiger partial charge in [0.2, 0.25) is 5.91 Å². The number of primary amides is 1. The van der Waals surface area contributed by atoms with Gasteiger partial charge in [-0.05, 0) is 20.0 Å². The summed E-state index contributed by atoms with van der Waals surface area (Å²) in [5.41, 5.74) is 4.84. The van der Waals surface area contributed by atoms with Gasteiger partial charge >= 0.3 is 0 Å². The van der Waals surface area contributed by atoms with Gasteiger partial charge in [-0.15, -0.1) is 0 Å². The molecule has 0 aromatic heterocycles. The number of rotatable bonds is 4. The number of carbonyl (C=O) groups is 1. The molecule has 82 valence electrons. The van der Waals surface area contributed by atoms with Gasteiger partial charge < -0.3 is 11.1 Å². The summed E-state index contributed by atoms with van der Waals surface area (Å²) in [5.74, 6) is -0.800. The predicted molar refractivity (Wildman–Crippen MR) is 56.6 cm³/mol. The van der Waals surface area contributed by atoms with E-state index in [4.69, 9.17) is 5.73 Å². The van der Waals surface area contributed by atoms with Crippen LogP contribution in [-0.2, 0) is 10.3 Å². The first-order chi connectivity index (χ1) is 6.99. The Balaban J connectivity index is 3.11. The fraction of sp³-hybridized carbons (Fsp3) is 0.364. The Hall–Kier alpha value is -1.42. The normalized spacial score (nSPS) is 14.6. The van der Waals surface area contributed by atoms with E-state index < -0.39 is 11.4 Å². The molecule has 4 heteroatoms. The average molecular weight is 210 g/mol. The smallest absolute Gasteiger partial charge is 0.219 e. The van der Waals surface area contributed by atoms with Gasteiger partial charge in [0, 0.05) is 12.0 Å². The first kappa shape index (κ1) is 11.7. The predicted octanol–water partition coefficient (Wildman–Crippen LogP) is 1.14. The van der Waals surface area contributed by atoms with Crippen molar-refractivity contribution >= 4 is 5.91 Å². The van der Waals surface area contributed by atoms with Crippen molar-refractivity contribution in [3.63, 3.8) is 0 Å². The maximum absolute atomic E-state index is 13.5. The lowest BCUT2D eigenvalue weighted by Crippen LogP contribution is -2.41. The number of nitrogens with one attached hydrogen (secondary N) is 1. The zero-order valence-corrected chi connectivity index (χ0v) is 8.88. The van der Waals surface area contributed by atoms with Crippen molar-refractivity contribution in [3.8, 4) is 0 Å². The van der Waals surface area contributed by atoms with Crippen LogP contribution in [0.2, 0.25) is 0 Å². The molecular formula is C11H15FN2O. The molecule has 0 spiro atoms. The van der Waals surface area contributed by atoms with E-state index in [2.05, 4.69) is 5.32 Å². The standard InChI is InChI=1S/C11H15FN2O/c1-11(14-2,7-10(13)15)8-5-3-4-6-9(8)12/h3-6,14H,7H2,1-2H3,(H2,13,15). The molecular weight excluding hydrogens is 195 g/mol. The van der Waals surface area contributed by atoms with Crippen molar-refractivity contribution in [1.82, 2.24) is 5.32 Å². The number of hydrogen-bond donors (Lipinski definition) is 2. The number of halogens is 1. The summed E-state index contributed by atoms with van der Waals surface area (Å²) >= 11 is 0. The summed E-state index contributed by atoms with van der Waals surface area (Å²) in [6.45, 7) is 1.75. The van der Waals surface area contributed by atoms with Crippen molar-refractivity contribution in [2.24, 2.45) is 5.73 Å². The Bertz CT molecular complexity index is 367. The van der Waals surface area contributed by atoms with Crippen LogP contribution in [0.15, 0.2) is 24.3 Å². The minimum atomic E-state index is -0.753. The summed E-state index contributed by atoms with van der Waals surface area (Å²) in [7, 11) is 1.68. The molecule has 0 aliphatic carbocycles. The molecule has 0 fully saturated rings. The summed E-state index contributed by atoms with van der Waals surface area (Å²) in [5, 5.41) is 2.93. The minimum absolute atomic E-state index is 0.0600. The number of amides is 1. The van der Waals surface area contributed by atoms with Crippen molar-refractivity contribution in [1.29, 1.82) is 0 Å². The van der Waals surface area contributed by atoms with E-state index in [1.54, 1.807) is 32.2 Å². The zero-order valence-electron chi connectivity index (χ0n) is 8.88. The lowest BCUT2D eigenvalue weighted by molar-refractivity contribution is -0.119. The molecule has 3 nitrogen and oxygen atoms in total. The van der Waals surface area contributed by atoms with E-state index in [1.807, 2.05) is 0 Å². The van der Waals surface area contributed by atoms with Gasteiger partial charge in [0.25, 0.3) is 0 Å². The molecule has 0 saturated heterocycles. The van der Waals surface area contributed by atoms with Crippen LogP contribution in [0.4, 0.5) is 4.39 Å². The maximum Gasteiger partial charge on any atom is 0.219 e. The van der Waals surface area contributed by atoms with Crippen LogP contribution in [0.3, 0.4) is 0 Å². The SMILES string of the molecule is CNC(C)(CC(N)=O)c1ccccc1F. The van der Waals surface area contributed by atoms with Crippen LogP contribution in [0.25, 0.3) is 0 Å². The molecule has 1 aromatic carbocycles. The first-order valence-corrected chi connectivity index (χ1v) is 4.72. The molecule has 15 heavy (non-hydrogen) atoms. The second-order valence-electron chi connectivity index (χ2n) is 3.71. The number of hydrogen-bond acceptors (Lipinski definition) is 2. The Kier molecular flexibility index (Phi) is 3.42. The molecule has 1 amide bonds. The highest BCUT2D eigenvalue weighted by Gasteiger charge is 2.29. The highest BCUT2D eigenvalue weighted by atomic mass is 19.1. The molecule has 1 rings (SSSR count).